The molecule has 1 atom stereocenters. The second-order valence-electron chi connectivity index (χ2n) is 4.82. The third-order valence-electron chi connectivity index (χ3n) is 3.58. The molecule has 0 saturated carbocycles. The summed E-state index contributed by atoms with van der Waals surface area (Å²) < 4.78 is 26.4. The SMILES string of the molecule is O=C(O)c1ccc(S(=O)(=O)N2CCN3C(=O)NCC3C2)s1. The summed E-state index contributed by atoms with van der Waals surface area (Å²) in [5.74, 6) is -1.14. The largest absolute Gasteiger partial charge is 0.477 e. The van der Waals surface area contributed by atoms with Crippen LogP contribution >= 0.6 is 11.3 Å². The maximum atomic E-state index is 12.5. The minimum absolute atomic E-state index is 0.00933. The fraction of sp³-hybridized carbons (Fsp3) is 0.455. The number of carbonyl (C=O) groups excluding carboxylic acids is 1. The molecule has 1 aromatic rings. The van der Waals surface area contributed by atoms with Crippen LogP contribution in [0.4, 0.5) is 4.79 Å². The second-order valence-corrected chi connectivity index (χ2v) is 8.07. The first-order chi connectivity index (χ1) is 9.89. The van der Waals surface area contributed by atoms with Gasteiger partial charge in [-0.05, 0) is 12.1 Å². The van der Waals surface area contributed by atoms with E-state index in [1.54, 1.807) is 4.90 Å². The molecular formula is C11H13N3O5S2. The molecular weight excluding hydrogens is 318 g/mol. The molecule has 0 aromatic carbocycles. The fourth-order valence-electron chi connectivity index (χ4n) is 2.49. The molecule has 0 radical (unpaired) electrons. The molecule has 0 aliphatic carbocycles. The third-order valence-corrected chi connectivity index (χ3v) is 6.99. The molecule has 2 saturated heterocycles. The van der Waals surface area contributed by atoms with E-state index in [-0.39, 0.29) is 34.2 Å². The highest BCUT2D eigenvalue weighted by molar-refractivity contribution is 7.91. The summed E-state index contributed by atoms with van der Waals surface area (Å²) in [5.41, 5.74) is 0. The summed E-state index contributed by atoms with van der Waals surface area (Å²) >= 11 is 0.742. The van der Waals surface area contributed by atoms with Gasteiger partial charge in [-0.3, -0.25) is 0 Å². The number of carboxylic acids is 1. The molecule has 114 valence electrons. The summed E-state index contributed by atoms with van der Waals surface area (Å²) in [5, 5.41) is 11.6. The van der Waals surface area contributed by atoms with E-state index in [1.807, 2.05) is 0 Å². The number of nitrogens with zero attached hydrogens (tertiary/aromatic N) is 2. The Labute approximate surface area is 125 Å². The molecule has 0 bridgehead atoms. The number of aromatic carboxylic acids is 1. The van der Waals surface area contributed by atoms with Gasteiger partial charge in [0, 0.05) is 26.2 Å². The average Bonchev–Trinajstić information content (AvgIpc) is 3.06. The van der Waals surface area contributed by atoms with Crippen molar-refractivity contribution in [3.05, 3.63) is 17.0 Å². The van der Waals surface area contributed by atoms with Crippen molar-refractivity contribution in [3.63, 3.8) is 0 Å². The smallest absolute Gasteiger partial charge is 0.345 e. The monoisotopic (exact) mass is 331 g/mol. The molecule has 3 rings (SSSR count). The summed E-state index contributed by atoms with van der Waals surface area (Å²) in [4.78, 5) is 24.0. The predicted molar refractivity (Wildman–Crippen MR) is 73.9 cm³/mol. The molecule has 8 nitrogen and oxygen atoms in total. The molecule has 2 aliphatic heterocycles. The first kappa shape index (κ1) is 14.3. The molecule has 2 fully saturated rings. The number of carboxylic acid groups (broad SMARTS) is 1. The van der Waals surface area contributed by atoms with Gasteiger partial charge in [0.1, 0.15) is 9.09 Å². The number of sulfonamides is 1. The van der Waals surface area contributed by atoms with Crippen molar-refractivity contribution < 1.29 is 23.1 Å². The van der Waals surface area contributed by atoms with E-state index in [1.165, 1.54) is 16.4 Å². The number of piperazine rings is 1. The normalized spacial score (nSPS) is 23.0. The minimum Gasteiger partial charge on any atom is -0.477 e. The summed E-state index contributed by atoms with van der Waals surface area (Å²) in [6.07, 6.45) is 0. The Morgan fingerprint density at radius 3 is 2.81 bits per heavy atom. The van der Waals surface area contributed by atoms with Gasteiger partial charge in [0.2, 0.25) is 0 Å². The summed E-state index contributed by atoms with van der Waals surface area (Å²) in [6.45, 7) is 1.20. The fourth-order valence-corrected chi connectivity index (χ4v) is 5.26. The van der Waals surface area contributed by atoms with E-state index in [4.69, 9.17) is 5.11 Å². The van der Waals surface area contributed by atoms with Gasteiger partial charge in [-0.15, -0.1) is 11.3 Å². The number of nitrogens with one attached hydrogen (secondary N) is 1. The van der Waals surface area contributed by atoms with Crippen LogP contribution in [0.3, 0.4) is 0 Å². The van der Waals surface area contributed by atoms with E-state index in [2.05, 4.69) is 5.32 Å². The highest BCUT2D eigenvalue weighted by Gasteiger charge is 2.40. The third kappa shape index (κ3) is 2.39. The molecule has 3 heterocycles. The lowest BCUT2D eigenvalue weighted by Gasteiger charge is -2.35. The number of urea groups is 1. The van der Waals surface area contributed by atoms with Crippen LogP contribution in [0.1, 0.15) is 9.67 Å². The Morgan fingerprint density at radius 2 is 2.14 bits per heavy atom. The average molecular weight is 331 g/mol. The Balaban J connectivity index is 1.82. The van der Waals surface area contributed by atoms with Gasteiger partial charge < -0.3 is 15.3 Å². The van der Waals surface area contributed by atoms with Crippen LogP contribution in [0, 0.1) is 0 Å². The highest BCUT2D eigenvalue weighted by Crippen LogP contribution is 2.27. The van der Waals surface area contributed by atoms with Crippen LogP contribution in [-0.4, -0.2) is 67.0 Å². The van der Waals surface area contributed by atoms with E-state index in [9.17, 15) is 18.0 Å². The molecule has 2 amide bonds. The minimum atomic E-state index is -3.71. The van der Waals surface area contributed by atoms with Crippen LogP contribution in [-0.2, 0) is 10.0 Å². The van der Waals surface area contributed by atoms with E-state index < -0.39 is 16.0 Å². The molecule has 10 heteroatoms. The number of fused-ring (bicyclic) bond motifs is 1. The maximum absolute atomic E-state index is 12.5. The van der Waals surface area contributed by atoms with Crippen LogP contribution in [0.25, 0.3) is 0 Å². The van der Waals surface area contributed by atoms with Crippen molar-refractivity contribution in [2.45, 2.75) is 10.3 Å². The van der Waals surface area contributed by atoms with E-state index in [0.29, 0.717) is 13.1 Å². The summed E-state index contributed by atoms with van der Waals surface area (Å²) in [7, 11) is -3.71. The van der Waals surface area contributed by atoms with Gasteiger partial charge in [0.15, 0.2) is 0 Å². The van der Waals surface area contributed by atoms with Gasteiger partial charge in [-0.1, -0.05) is 0 Å². The molecule has 2 N–H and O–H groups in total. The lowest BCUT2D eigenvalue weighted by Crippen LogP contribution is -2.53. The van der Waals surface area contributed by atoms with Crippen molar-refractivity contribution in [2.24, 2.45) is 0 Å². The Bertz CT molecular complexity index is 698. The number of hydrogen-bond donors (Lipinski definition) is 2. The van der Waals surface area contributed by atoms with Gasteiger partial charge >= 0.3 is 12.0 Å². The van der Waals surface area contributed by atoms with E-state index in [0.717, 1.165) is 11.3 Å². The molecule has 1 aromatic heterocycles. The van der Waals surface area contributed by atoms with Crippen LogP contribution in [0.5, 0.6) is 0 Å². The zero-order valence-corrected chi connectivity index (χ0v) is 12.5. The lowest BCUT2D eigenvalue weighted by molar-refractivity contribution is 0.0702. The first-order valence-electron chi connectivity index (χ1n) is 6.27. The molecule has 2 aliphatic rings. The number of amides is 2. The van der Waals surface area contributed by atoms with Crippen molar-refractivity contribution in [3.8, 4) is 0 Å². The van der Waals surface area contributed by atoms with Crippen LogP contribution < -0.4 is 5.32 Å². The lowest BCUT2D eigenvalue weighted by atomic mass is 10.2. The topological polar surface area (TPSA) is 107 Å². The van der Waals surface area contributed by atoms with Crippen molar-refractivity contribution in [1.29, 1.82) is 0 Å². The maximum Gasteiger partial charge on any atom is 0.345 e. The zero-order valence-electron chi connectivity index (χ0n) is 10.9. The van der Waals surface area contributed by atoms with Crippen LogP contribution in [0.15, 0.2) is 16.3 Å². The molecule has 0 spiro atoms. The van der Waals surface area contributed by atoms with Gasteiger partial charge in [-0.25, -0.2) is 18.0 Å². The Hall–Kier alpha value is -1.65. The standard InChI is InChI=1S/C11H13N3O5S2/c15-10(16)8-1-2-9(20-8)21(18,19)13-3-4-14-7(6-13)5-12-11(14)17/h1-2,7H,3-6H2,(H,12,17)(H,15,16). The summed E-state index contributed by atoms with van der Waals surface area (Å²) in [6, 6.07) is 2.27. The highest BCUT2D eigenvalue weighted by atomic mass is 32.2. The number of rotatable bonds is 3. The molecule has 21 heavy (non-hydrogen) atoms. The predicted octanol–water partition coefficient (Wildman–Crippen LogP) is -0.156. The Kier molecular flexibility index (Phi) is 3.38. The first-order valence-corrected chi connectivity index (χ1v) is 8.53. The van der Waals surface area contributed by atoms with Crippen molar-refractivity contribution in [2.75, 3.05) is 26.2 Å². The quantitative estimate of drug-likeness (QED) is 0.801. The van der Waals surface area contributed by atoms with Gasteiger partial charge in [0.25, 0.3) is 10.0 Å². The number of thiophene rings is 1. The van der Waals surface area contributed by atoms with Gasteiger partial charge in [0.05, 0.1) is 6.04 Å². The number of hydrogen-bond acceptors (Lipinski definition) is 5. The van der Waals surface area contributed by atoms with Crippen molar-refractivity contribution in [1.82, 2.24) is 14.5 Å². The Morgan fingerprint density at radius 1 is 1.38 bits per heavy atom. The van der Waals surface area contributed by atoms with Crippen molar-refractivity contribution >= 4 is 33.4 Å². The van der Waals surface area contributed by atoms with E-state index >= 15 is 0 Å². The zero-order chi connectivity index (χ0) is 15.2. The second kappa shape index (κ2) is 4.97. The molecule has 1 unspecified atom stereocenters. The number of carbonyl (C=O) groups is 2. The van der Waals surface area contributed by atoms with Crippen LogP contribution in [0.2, 0.25) is 0 Å². The van der Waals surface area contributed by atoms with Gasteiger partial charge in [-0.2, -0.15) is 4.31 Å².